The quantitative estimate of drug-likeness (QED) is 0.913. The van der Waals surface area contributed by atoms with Crippen LogP contribution in [-0.2, 0) is 0 Å². The Morgan fingerprint density at radius 3 is 2.56 bits per heavy atom. The van der Waals surface area contributed by atoms with E-state index in [4.69, 9.17) is 4.74 Å². The van der Waals surface area contributed by atoms with E-state index in [0.29, 0.717) is 11.9 Å². The monoisotopic (exact) mass is 341 g/mol. The molecule has 0 saturated heterocycles. The van der Waals surface area contributed by atoms with Gasteiger partial charge in [0.25, 0.3) is 0 Å². The van der Waals surface area contributed by atoms with E-state index in [1.54, 1.807) is 0 Å². The SMILES string of the molecule is CC(C)c1nc(NC2CC(C)(C)Oc3ccccc32)nc(N(C)C)n1. The van der Waals surface area contributed by atoms with Crippen LogP contribution in [0.1, 0.15) is 57.5 Å². The Morgan fingerprint density at radius 1 is 1.16 bits per heavy atom. The van der Waals surface area contributed by atoms with E-state index in [9.17, 15) is 0 Å². The van der Waals surface area contributed by atoms with Gasteiger partial charge in [-0.05, 0) is 19.9 Å². The fourth-order valence-electron chi connectivity index (χ4n) is 2.99. The standard InChI is InChI=1S/C19H27N5O/c1-12(2)16-21-17(23-18(22-16)24(5)6)20-14-11-19(3,4)25-15-10-8-7-9-13(14)15/h7-10,12,14H,11H2,1-6H3,(H,20,21,22,23). The second-order valence-electron chi connectivity index (χ2n) is 7.67. The zero-order valence-corrected chi connectivity index (χ0v) is 15.9. The van der Waals surface area contributed by atoms with Crippen molar-refractivity contribution < 1.29 is 4.74 Å². The first-order chi connectivity index (χ1) is 11.7. The van der Waals surface area contributed by atoms with Gasteiger partial charge in [-0.3, -0.25) is 0 Å². The van der Waals surface area contributed by atoms with Crippen LogP contribution in [0.15, 0.2) is 24.3 Å². The summed E-state index contributed by atoms with van der Waals surface area (Å²) in [4.78, 5) is 15.7. The molecule has 0 spiro atoms. The summed E-state index contributed by atoms with van der Waals surface area (Å²) in [6, 6.07) is 8.25. The molecular formula is C19H27N5O. The van der Waals surface area contributed by atoms with Crippen molar-refractivity contribution in [1.29, 1.82) is 0 Å². The summed E-state index contributed by atoms with van der Waals surface area (Å²) in [5, 5.41) is 3.51. The van der Waals surface area contributed by atoms with Crippen LogP contribution in [0, 0.1) is 0 Å². The number of fused-ring (bicyclic) bond motifs is 1. The number of para-hydroxylation sites is 1. The molecule has 2 aromatic rings. The van der Waals surface area contributed by atoms with E-state index in [1.807, 2.05) is 37.2 Å². The molecule has 0 saturated carbocycles. The van der Waals surface area contributed by atoms with Crippen LogP contribution in [0.3, 0.4) is 0 Å². The van der Waals surface area contributed by atoms with Gasteiger partial charge in [-0.1, -0.05) is 32.0 Å². The third-order valence-electron chi connectivity index (χ3n) is 4.24. The first kappa shape index (κ1) is 17.5. The fourth-order valence-corrected chi connectivity index (χ4v) is 2.99. The number of anilines is 2. The lowest BCUT2D eigenvalue weighted by Gasteiger charge is -2.37. The maximum atomic E-state index is 6.11. The average Bonchev–Trinajstić information content (AvgIpc) is 2.53. The van der Waals surface area contributed by atoms with E-state index in [2.05, 4.69) is 54.0 Å². The number of hydrogen-bond acceptors (Lipinski definition) is 6. The zero-order chi connectivity index (χ0) is 18.2. The number of nitrogens with zero attached hydrogens (tertiary/aromatic N) is 4. The Kier molecular flexibility index (Phi) is 4.54. The smallest absolute Gasteiger partial charge is 0.229 e. The highest BCUT2D eigenvalue weighted by Crippen LogP contribution is 2.40. The maximum Gasteiger partial charge on any atom is 0.229 e. The Balaban J connectivity index is 1.96. The third-order valence-corrected chi connectivity index (χ3v) is 4.24. The molecule has 0 bridgehead atoms. The van der Waals surface area contributed by atoms with Gasteiger partial charge in [0.2, 0.25) is 11.9 Å². The minimum absolute atomic E-state index is 0.0948. The number of benzene rings is 1. The Bertz CT molecular complexity index is 731. The highest BCUT2D eigenvalue weighted by molar-refractivity contribution is 5.45. The Hall–Kier alpha value is -2.37. The molecule has 0 amide bonds. The van der Waals surface area contributed by atoms with Crippen molar-refractivity contribution in [1.82, 2.24) is 15.0 Å². The first-order valence-electron chi connectivity index (χ1n) is 8.73. The van der Waals surface area contributed by atoms with Crippen molar-refractivity contribution in [2.45, 2.75) is 51.7 Å². The van der Waals surface area contributed by atoms with Crippen LogP contribution in [0.4, 0.5) is 11.9 Å². The fraction of sp³-hybridized carbons (Fsp3) is 0.526. The van der Waals surface area contributed by atoms with Gasteiger partial charge < -0.3 is 15.0 Å². The topological polar surface area (TPSA) is 63.2 Å². The lowest BCUT2D eigenvalue weighted by Crippen LogP contribution is -2.37. The van der Waals surface area contributed by atoms with Crippen LogP contribution >= 0.6 is 0 Å². The second-order valence-corrected chi connectivity index (χ2v) is 7.67. The molecule has 0 fully saturated rings. The molecule has 0 radical (unpaired) electrons. The van der Waals surface area contributed by atoms with Crippen molar-refractivity contribution in [2.24, 2.45) is 0 Å². The molecule has 1 aromatic heterocycles. The first-order valence-corrected chi connectivity index (χ1v) is 8.73. The Morgan fingerprint density at radius 2 is 1.88 bits per heavy atom. The second kappa shape index (κ2) is 6.50. The van der Waals surface area contributed by atoms with Crippen molar-refractivity contribution in [2.75, 3.05) is 24.3 Å². The molecule has 1 aromatic carbocycles. The van der Waals surface area contributed by atoms with Crippen molar-refractivity contribution >= 4 is 11.9 Å². The summed E-state index contributed by atoms with van der Waals surface area (Å²) in [6.45, 7) is 8.39. The molecule has 6 heteroatoms. The highest BCUT2D eigenvalue weighted by atomic mass is 16.5. The van der Waals surface area contributed by atoms with Gasteiger partial charge in [0.05, 0.1) is 6.04 Å². The van der Waals surface area contributed by atoms with Crippen LogP contribution in [-0.4, -0.2) is 34.6 Å². The van der Waals surface area contributed by atoms with Crippen LogP contribution in [0.25, 0.3) is 0 Å². The number of nitrogens with one attached hydrogen (secondary N) is 1. The average molecular weight is 341 g/mol. The molecule has 1 atom stereocenters. The van der Waals surface area contributed by atoms with Gasteiger partial charge in [0.15, 0.2) is 0 Å². The molecule has 1 aliphatic rings. The molecule has 0 aliphatic carbocycles. The molecule has 134 valence electrons. The summed E-state index contributed by atoms with van der Waals surface area (Å²) in [7, 11) is 3.88. The summed E-state index contributed by atoms with van der Waals surface area (Å²) in [5.74, 6) is 3.23. The van der Waals surface area contributed by atoms with Gasteiger partial charge >= 0.3 is 0 Å². The molecular weight excluding hydrogens is 314 g/mol. The predicted molar refractivity (Wildman–Crippen MR) is 100 cm³/mol. The largest absolute Gasteiger partial charge is 0.487 e. The van der Waals surface area contributed by atoms with E-state index < -0.39 is 0 Å². The third kappa shape index (κ3) is 3.83. The highest BCUT2D eigenvalue weighted by Gasteiger charge is 2.34. The Labute approximate surface area is 149 Å². The number of rotatable bonds is 4. The van der Waals surface area contributed by atoms with Gasteiger partial charge in [0, 0.05) is 32.0 Å². The summed E-state index contributed by atoms with van der Waals surface area (Å²) in [5.41, 5.74) is 0.893. The number of aromatic nitrogens is 3. The van der Waals surface area contributed by atoms with Crippen molar-refractivity contribution in [3.05, 3.63) is 35.7 Å². The van der Waals surface area contributed by atoms with E-state index >= 15 is 0 Å². The minimum atomic E-state index is -0.246. The van der Waals surface area contributed by atoms with Gasteiger partial charge in [-0.2, -0.15) is 15.0 Å². The lowest BCUT2D eigenvalue weighted by molar-refractivity contribution is 0.0758. The summed E-state index contributed by atoms with van der Waals surface area (Å²) >= 11 is 0. The normalized spacial score (nSPS) is 18.4. The van der Waals surface area contributed by atoms with Gasteiger partial charge in [-0.15, -0.1) is 0 Å². The maximum absolute atomic E-state index is 6.11. The minimum Gasteiger partial charge on any atom is -0.487 e. The molecule has 1 aliphatic heterocycles. The lowest BCUT2D eigenvalue weighted by atomic mass is 9.90. The predicted octanol–water partition coefficient (Wildman–Crippen LogP) is 3.78. The summed E-state index contributed by atoms with van der Waals surface area (Å²) < 4.78 is 6.11. The molecule has 6 nitrogen and oxygen atoms in total. The molecule has 25 heavy (non-hydrogen) atoms. The van der Waals surface area contributed by atoms with Crippen LogP contribution in [0.2, 0.25) is 0 Å². The zero-order valence-electron chi connectivity index (χ0n) is 15.9. The van der Waals surface area contributed by atoms with Crippen molar-refractivity contribution in [3.63, 3.8) is 0 Å². The van der Waals surface area contributed by atoms with Crippen LogP contribution < -0.4 is 15.0 Å². The van der Waals surface area contributed by atoms with Crippen molar-refractivity contribution in [3.8, 4) is 5.75 Å². The van der Waals surface area contributed by atoms with E-state index in [0.717, 1.165) is 23.6 Å². The summed E-state index contributed by atoms with van der Waals surface area (Å²) in [6.07, 6.45) is 0.837. The van der Waals surface area contributed by atoms with Gasteiger partial charge in [0.1, 0.15) is 17.2 Å². The number of hydrogen-bond donors (Lipinski definition) is 1. The molecule has 3 rings (SSSR count). The molecule has 1 N–H and O–H groups in total. The van der Waals surface area contributed by atoms with E-state index in [-0.39, 0.29) is 17.6 Å². The molecule has 2 heterocycles. The van der Waals surface area contributed by atoms with Gasteiger partial charge in [-0.25, -0.2) is 0 Å². The van der Waals surface area contributed by atoms with E-state index in [1.165, 1.54) is 0 Å². The van der Waals surface area contributed by atoms with Crippen LogP contribution in [0.5, 0.6) is 5.75 Å². The number of ether oxygens (including phenoxy) is 1. The molecule has 1 unspecified atom stereocenters.